The van der Waals surface area contributed by atoms with Gasteiger partial charge < -0.3 is 10.3 Å². The average Bonchev–Trinajstić information content (AvgIpc) is 2.97. The first kappa shape index (κ1) is 15.7. The molecule has 7 heteroatoms. The third kappa shape index (κ3) is 3.11. The van der Waals surface area contributed by atoms with Crippen molar-refractivity contribution in [2.45, 2.75) is 13.5 Å². The fraction of sp³-hybridized carbons (Fsp3) is 0.118. The normalized spacial score (nSPS) is 10.8. The van der Waals surface area contributed by atoms with Gasteiger partial charge in [-0.2, -0.15) is 0 Å². The Morgan fingerprint density at radius 1 is 1.12 bits per heavy atom. The number of rotatable bonds is 4. The second kappa shape index (κ2) is 6.13. The first-order valence-corrected chi connectivity index (χ1v) is 7.20. The molecule has 0 radical (unpaired) electrons. The van der Waals surface area contributed by atoms with E-state index >= 15 is 0 Å². The molecule has 0 saturated carbocycles. The molecular weight excluding hydrogens is 310 g/mol. The number of carbonyl (C=O) groups excluding carboxylic acids is 2. The summed E-state index contributed by atoms with van der Waals surface area (Å²) in [5.74, 6) is -0.693. The maximum absolute atomic E-state index is 12.3. The molecule has 0 aliphatic rings. The summed E-state index contributed by atoms with van der Waals surface area (Å²) in [6, 6.07) is 11.5. The van der Waals surface area contributed by atoms with Gasteiger partial charge in [0.1, 0.15) is 6.54 Å². The van der Waals surface area contributed by atoms with E-state index in [-0.39, 0.29) is 6.54 Å². The van der Waals surface area contributed by atoms with E-state index in [9.17, 15) is 14.8 Å². The van der Waals surface area contributed by atoms with Crippen molar-refractivity contribution in [3.8, 4) is 0 Å². The molecule has 2 aromatic carbocycles. The monoisotopic (exact) mass is 325 g/mol. The minimum atomic E-state index is -0.565. The number of aromatic nitrogens is 1. The van der Waals surface area contributed by atoms with E-state index in [0.717, 1.165) is 10.8 Å². The number of amides is 2. The molecule has 7 nitrogen and oxygen atoms in total. The number of hydroxylamine groups is 2. The van der Waals surface area contributed by atoms with Crippen LogP contribution in [0.2, 0.25) is 0 Å². The SMILES string of the molecule is Cc1cc(CN(O)C(=O)c2ccc3cc(C(N)=O)ccc3c2)on1. The molecule has 1 aromatic heterocycles. The van der Waals surface area contributed by atoms with Crippen molar-refractivity contribution >= 4 is 22.6 Å². The zero-order valence-corrected chi connectivity index (χ0v) is 12.9. The summed E-state index contributed by atoms with van der Waals surface area (Å²) in [6.07, 6.45) is 0. The maximum atomic E-state index is 12.3. The van der Waals surface area contributed by atoms with Crippen LogP contribution in [-0.2, 0) is 6.54 Å². The third-order valence-electron chi connectivity index (χ3n) is 3.59. The van der Waals surface area contributed by atoms with Crippen molar-refractivity contribution in [3.63, 3.8) is 0 Å². The molecule has 24 heavy (non-hydrogen) atoms. The predicted octanol–water partition coefficient (Wildman–Crippen LogP) is 2.27. The van der Waals surface area contributed by atoms with Crippen molar-refractivity contribution in [1.29, 1.82) is 0 Å². The molecule has 3 rings (SSSR count). The van der Waals surface area contributed by atoms with Gasteiger partial charge in [0.15, 0.2) is 5.76 Å². The first-order chi connectivity index (χ1) is 11.4. The minimum Gasteiger partial charge on any atom is -0.366 e. The van der Waals surface area contributed by atoms with Crippen LogP contribution in [0.15, 0.2) is 47.0 Å². The zero-order chi connectivity index (χ0) is 17.3. The number of nitrogens with two attached hydrogens (primary N) is 1. The lowest BCUT2D eigenvalue weighted by molar-refractivity contribution is -0.0690. The van der Waals surface area contributed by atoms with E-state index < -0.39 is 11.8 Å². The Labute approximate surface area is 137 Å². The summed E-state index contributed by atoms with van der Waals surface area (Å²) in [6.45, 7) is 1.65. The highest BCUT2D eigenvalue weighted by molar-refractivity contribution is 6.01. The molecule has 0 aliphatic carbocycles. The van der Waals surface area contributed by atoms with Gasteiger partial charge in [-0.25, -0.2) is 5.06 Å². The Morgan fingerprint density at radius 3 is 2.33 bits per heavy atom. The van der Waals surface area contributed by atoms with E-state index in [0.29, 0.717) is 27.6 Å². The van der Waals surface area contributed by atoms with Crippen molar-refractivity contribution in [2.75, 3.05) is 0 Å². The third-order valence-corrected chi connectivity index (χ3v) is 3.59. The number of aryl methyl sites for hydroxylation is 1. The Morgan fingerprint density at radius 2 is 1.75 bits per heavy atom. The highest BCUT2D eigenvalue weighted by Crippen LogP contribution is 2.19. The number of primary amides is 1. The molecule has 2 amide bonds. The molecular formula is C17H15N3O4. The van der Waals surface area contributed by atoms with Gasteiger partial charge in [-0.1, -0.05) is 17.3 Å². The fourth-order valence-corrected chi connectivity index (χ4v) is 2.39. The number of nitrogens with zero attached hydrogens (tertiary/aromatic N) is 2. The van der Waals surface area contributed by atoms with E-state index in [2.05, 4.69) is 5.16 Å². The van der Waals surface area contributed by atoms with Crippen molar-refractivity contribution < 1.29 is 19.3 Å². The summed E-state index contributed by atoms with van der Waals surface area (Å²) in [5.41, 5.74) is 6.63. The van der Waals surface area contributed by atoms with E-state index in [1.54, 1.807) is 49.4 Å². The molecule has 0 saturated heterocycles. The van der Waals surface area contributed by atoms with Gasteiger partial charge in [-0.3, -0.25) is 14.8 Å². The molecule has 3 N–H and O–H groups in total. The number of hydrogen-bond acceptors (Lipinski definition) is 5. The maximum Gasteiger partial charge on any atom is 0.277 e. The molecule has 3 aromatic rings. The Hall–Kier alpha value is -3.19. The van der Waals surface area contributed by atoms with Crippen LogP contribution in [0.25, 0.3) is 10.8 Å². The Balaban J connectivity index is 1.84. The zero-order valence-electron chi connectivity index (χ0n) is 12.9. The summed E-state index contributed by atoms with van der Waals surface area (Å²) < 4.78 is 4.98. The first-order valence-electron chi connectivity index (χ1n) is 7.20. The smallest absolute Gasteiger partial charge is 0.277 e. The summed E-state index contributed by atoms with van der Waals surface area (Å²) in [7, 11) is 0. The quantitative estimate of drug-likeness (QED) is 0.565. The van der Waals surface area contributed by atoms with Gasteiger partial charge in [0.25, 0.3) is 5.91 Å². The average molecular weight is 325 g/mol. The number of carbonyl (C=O) groups is 2. The lowest BCUT2D eigenvalue weighted by atomic mass is 10.0. The molecule has 122 valence electrons. The van der Waals surface area contributed by atoms with Gasteiger partial charge in [0.05, 0.1) is 5.69 Å². The van der Waals surface area contributed by atoms with E-state index in [1.165, 1.54) is 0 Å². The molecule has 1 heterocycles. The van der Waals surface area contributed by atoms with Crippen molar-refractivity contribution in [1.82, 2.24) is 10.2 Å². The highest BCUT2D eigenvalue weighted by atomic mass is 16.5. The van der Waals surface area contributed by atoms with E-state index in [4.69, 9.17) is 10.3 Å². The highest BCUT2D eigenvalue weighted by Gasteiger charge is 2.16. The molecule has 0 spiro atoms. The molecule has 0 atom stereocenters. The topological polar surface area (TPSA) is 110 Å². The van der Waals surface area contributed by atoms with Crippen LogP contribution in [-0.4, -0.2) is 27.2 Å². The summed E-state index contributed by atoms with van der Waals surface area (Å²) in [4.78, 5) is 23.5. The van der Waals surface area contributed by atoms with Gasteiger partial charge in [0, 0.05) is 17.2 Å². The second-order valence-electron chi connectivity index (χ2n) is 5.44. The molecule has 0 unspecified atom stereocenters. The Kier molecular flexibility index (Phi) is 4.01. The van der Waals surface area contributed by atoms with Crippen LogP contribution in [0.4, 0.5) is 0 Å². The second-order valence-corrected chi connectivity index (χ2v) is 5.44. The lowest BCUT2D eigenvalue weighted by Gasteiger charge is -2.13. The standard InChI is InChI=1S/C17H15N3O4/c1-10-6-15(24-19-10)9-20(23)17(22)14-5-3-11-7-13(16(18)21)4-2-12(11)8-14/h2-8,23H,9H2,1H3,(H2,18,21). The van der Waals surface area contributed by atoms with Crippen molar-refractivity contribution in [2.24, 2.45) is 5.73 Å². The van der Waals surface area contributed by atoms with Crippen LogP contribution in [0.3, 0.4) is 0 Å². The van der Waals surface area contributed by atoms with E-state index in [1.807, 2.05) is 0 Å². The Bertz CT molecular complexity index is 932. The fourth-order valence-electron chi connectivity index (χ4n) is 2.39. The molecule has 0 bridgehead atoms. The van der Waals surface area contributed by atoms with Gasteiger partial charge in [-0.05, 0) is 42.0 Å². The summed E-state index contributed by atoms with van der Waals surface area (Å²) >= 11 is 0. The number of hydrogen-bond donors (Lipinski definition) is 2. The van der Waals surface area contributed by atoms with Crippen LogP contribution < -0.4 is 5.73 Å². The number of fused-ring (bicyclic) bond motifs is 1. The van der Waals surface area contributed by atoms with Gasteiger partial charge in [0.2, 0.25) is 5.91 Å². The molecule has 0 fully saturated rings. The van der Waals surface area contributed by atoms with Crippen molar-refractivity contribution in [3.05, 3.63) is 65.0 Å². The van der Waals surface area contributed by atoms with Gasteiger partial charge >= 0.3 is 0 Å². The van der Waals surface area contributed by atoms with Crippen LogP contribution >= 0.6 is 0 Å². The lowest BCUT2D eigenvalue weighted by Crippen LogP contribution is -2.26. The minimum absolute atomic E-state index is 0.0989. The predicted molar refractivity (Wildman–Crippen MR) is 85.4 cm³/mol. The van der Waals surface area contributed by atoms with Crippen LogP contribution in [0.1, 0.15) is 32.2 Å². The van der Waals surface area contributed by atoms with Gasteiger partial charge in [-0.15, -0.1) is 0 Å². The largest absolute Gasteiger partial charge is 0.366 e. The number of benzene rings is 2. The van der Waals surface area contributed by atoms with Crippen LogP contribution in [0, 0.1) is 6.92 Å². The van der Waals surface area contributed by atoms with Crippen LogP contribution in [0.5, 0.6) is 0 Å². The molecule has 0 aliphatic heterocycles. The summed E-state index contributed by atoms with van der Waals surface area (Å²) in [5, 5.41) is 15.8.